The van der Waals surface area contributed by atoms with Crippen LogP contribution in [-0.4, -0.2) is 22.8 Å². The molecular formula is C14H16N4O. The molecule has 1 heterocycles. The minimum absolute atomic E-state index is 0.440. The van der Waals surface area contributed by atoms with Crippen LogP contribution in [0, 0.1) is 11.3 Å². The maximum Gasteiger partial charge on any atom is 0.247 e. The van der Waals surface area contributed by atoms with Crippen LogP contribution in [0.1, 0.15) is 25.3 Å². The largest absolute Gasteiger partial charge is 0.421 e. The molecule has 0 aliphatic rings. The Labute approximate surface area is 112 Å². The number of hydrogen-bond donors (Lipinski definition) is 1. The Hall–Kier alpha value is -2.19. The minimum Gasteiger partial charge on any atom is -0.421 e. The summed E-state index contributed by atoms with van der Waals surface area (Å²) in [5.41, 5.74) is 1.35. The summed E-state index contributed by atoms with van der Waals surface area (Å²) in [7, 11) is 0. The highest BCUT2D eigenvalue weighted by Crippen LogP contribution is 2.18. The van der Waals surface area contributed by atoms with E-state index in [4.69, 9.17) is 9.68 Å². The van der Waals surface area contributed by atoms with Gasteiger partial charge in [-0.1, -0.05) is 19.9 Å². The second-order valence-corrected chi connectivity index (χ2v) is 4.55. The number of aromatic nitrogens is 2. The molecule has 0 atom stereocenters. The van der Waals surface area contributed by atoms with Gasteiger partial charge < -0.3 is 9.73 Å². The minimum atomic E-state index is 0.440. The molecule has 5 heteroatoms. The Morgan fingerprint density at radius 2 is 2.21 bits per heavy atom. The monoisotopic (exact) mass is 256 g/mol. The van der Waals surface area contributed by atoms with Crippen LogP contribution in [-0.2, 0) is 6.42 Å². The Balaban J connectivity index is 2.06. The van der Waals surface area contributed by atoms with Crippen molar-refractivity contribution in [3.05, 3.63) is 35.7 Å². The number of hydrogen-bond acceptors (Lipinski definition) is 5. The first-order chi connectivity index (χ1) is 9.19. The molecule has 0 spiro atoms. The lowest BCUT2D eigenvalue weighted by molar-refractivity contribution is 0.484. The van der Waals surface area contributed by atoms with Gasteiger partial charge in [0.1, 0.15) is 0 Å². The number of benzene rings is 1. The SMILES string of the molecule is CC(C)NCCc1nnc(-c2cccc(C#N)c2)o1. The lowest BCUT2D eigenvalue weighted by Crippen LogP contribution is -2.25. The van der Waals surface area contributed by atoms with E-state index in [2.05, 4.69) is 35.4 Å². The van der Waals surface area contributed by atoms with E-state index < -0.39 is 0 Å². The number of nitrogens with zero attached hydrogens (tertiary/aromatic N) is 3. The van der Waals surface area contributed by atoms with Crippen LogP contribution >= 0.6 is 0 Å². The zero-order valence-corrected chi connectivity index (χ0v) is 11.1. The summed E-state index contributed by atoms with van der Waals surface area (Å²) in [6.45, 7) is 4.98. The zero-order chi connectivity index (χ0) is 13.7. The topological polar surface area (TPSA) is 74.7 Å². The van der Waals surface area contributed by atoms with Crippen molar-refractivity contribution in [1.29, 1.82) is 5.26 Å². The van der Waals surface area contributed by atoms with E-state index in [1.165, 1.54) is 0 Å². The van der Waals surface area contributed by atoms with E-state index in [-0.39, 0.29) is 0 Å². The van der Waals surface area contributed by atoms with Crippen LogP contribution in [0.25, 0.3) is 11.5 Å². The van der Waals surface area contributed by atoms with E-state index in [0.29, 0.717) is 29.8 Å². The predicted octanol–water partition coefficient (Wildman–Crippen LogP) is 2.15. The summed E-state index contributed by atoms with van der Waals surface area (Å²) in [5, 5.41) is 20.2. The van der Waals surface area contributed by atoms with Gasteiger partial charge >= 0.3 is 0 Å². The van der Waals surface area contributed by atoms with E-state index >= 15 is 0 Å². The molecule has 0 bridgehead atoms. The Morgan fingerprint density at radius 3 is 2.95 bits per heavy atom. The van der Waals surface area contributed by atoms with E-state index in [1.54, 1.807) is 18.2 Å². The van der Waals surface area contributed by atoms with Gasteiger partial charge in [-0.2, -0.15) is 5.26 Å². The van der Waals surface area contributed by atoms with Crippen molar-refractivity contribution in [3.8, 4) is 17.5 Å². The molecule has 0 aliphatic heterocycles. The zero-order valence-electron chi connectivity index (χ0n) is 11.1. The van der Waals surface area contributed by atoms with E-state index in [9.17, 15) is 0 Å². The normalized spacial score (nSPS) is 10.6. The van der Waals surface area contributed by atoms with Gasteiger partial charge in [0.2, 0.25) is 11.8 Å². The van der Waals surface area contributed by atoms with Gasteiger partial charge in [0.25, 0.3) is 0 Å². The molecule has 5 nitrogen and oxygen atoms in total. The number of nitriles is 1. The summed E-state index contributed by atoms with van der Waals surface area (Å²) in [4.78, 5) is 0. The molecule has 98 valence electrons. The van der Waals surface area contributed by atoms with E-state index in [1.807, 2.05) is 6.07 Å². The highest BCUT2D eigenvalue weighted by molar-refractivity contribution is 5.55. The fraction of sp³-hybridized carbons (Fsp3) is 0.357. The van der Waals surface area contributed by atoms with Crippen LogP contribution in [0.3, 0.4) is 0 Å². The van der Waals surface area contributed by atoms with Gasteiger partial charge in [-0.3, -0.25) is 0 Å². The van der Waals surface area contributed by atoms with Crippen molar-refractivity contribution in [2.45, 2.75) is 26.3 Å². The Kier molecular flexibility index (Phi) is 4.26. The average molecular weight is 256 g/mol. The van der Waals surface area contributed by atoms with Gasteiger partial charge in [0.15, 0.2) is 0 Å². The van der Waals surface area contributed by atoms with Crippen LogP contribution in [0.2, 0.25) is 0 Å². The molecular weight excluding hydrogens is 240 g/mol. The van der Waals surface area contributed by atoms with Gasteiger partial charge in [-0.05, 0) is 18.2 Å². The second kappa shape index (κ2) is 6.12. The van der Waals surface area contributed by atoms with Gasteiger partial charge in [-0.25, -0.2) is 0 Å². The fourth-order valence-electron chi connectivity index (χ4n) is 1.66. The average Bonchev–Trinajstić information content (AvgIpc) is 2.87. The van der Waals surface area contributed by atoms with Crippen LogP contribution < -0.4 is 5.32 Å². The lowest BCUT2D eigenvalue weighted by Gasteiger charge is -2.04. The van der Waals surface area contributed by atoms with Crippen LogP contribution in [0.4, 0.5) is 0 Å². The Bertz CT molecular complexity index is 583. The predicted molar refractivity (Wildman–Crippen MR) is 71.3 cm³/mol. The van der Waals surface area contributed by atoms with Crippen LogP contribution in [0.15, 0.2) is 28.7 Å². The number of nitrogens with one attached hydrogen (secondary N) is 1. The highest BCUT2D eigenvalue weighted by atomic mass is 16.4. The molecule has 2 rings (SSSR count). The molecule has 1 aromatic carbocycles. The molecule has 19 heavy (non-hydrogen) atoms. The molecule has 0 fully saturated rings. The highest BCUT2D eigenvalue weighted by Gasteiger charge is 2.08. The van der Waals surface area contributed by atoms with Crippen molar-refractivity contribution < 1.29 is 4.42 Å². The molecule has 0 unspecified atom stereocenters. The molecule has 2 aromatic rings. The summed E-state index contributed by atoms with van der Waals surface area (Å²) in [6.07, 6.45) is 0.698. The maximum absolute atomic E-state index is 8.86. The Morgan fingerprint density at radius 1 is 1.37 bits per heavy atom. The van der Waals surface area contributed by atoms with Crippen LogP contribution in [0.5, 0.6) is 0 Å². The van der Waals surface area contributed by atoms with Gasteiger partial charge in [-0.15, -0.1) is 10.2 Å². The summed E-state index contributed by atoms with van der Waals surface area (Å²) >= 11 is 0. The molecule has 0 amide bonds. The first-order valence-corrected chi connectivity index (χ1v) is 6.25. The first-order valence-electron chi connectivity index (χ1n) is 6.25. The third-order valence-electron chi connectivity index (χ3n) is 2.60. The fourth-order valence-corrected chi connectivity index (χ4v) is 1.66. The van der Waals surface area contributed by atoms with Crippen molar-refractivity contribution in [2.24, 2.45) is 0 Å². The second-order valence-electron chi connectivity index (χ2n) is 4.55. The van der Waals surface area contributed by atoms with Gasteiger partial charge in [0, 0.05) is 24.6 Å². The molecule has 0 radical (unpaired) electrons. The summed E-state index contributed by atoms with van der Waals surface area (Å²) < 4.78 is 5.58. The lowest BCUT2D eigenvalue weighted by atomic mass is 10.1. The third kappa shape index (κ3) is 3.63. The number of rotatable bonds is 5. The molecule has 0 saturated carbocycles. The third-order valence-corrected chi connectivity index (χ3v) is 2.60. The molecule has 0 saturated heterocycles. The van der Waals surface area contributed by atoms with Crippen molar-refractivity contribution in [2.75, 3.05) is 6.54 Å². The van der Waals surface area contributed by atoms with Crippen molar-refractivity contribution in [3.63, 3.8) is 0 Å². The van der Waals surface area contributed by atoms with Crippen molar-refractivity contribution in [1.82, 2.24) is 15.5 Å². The molecule has 0 aliphatic carbocycles. The van der Waals surface area contributed by atoms with E-state index in [0.717, 1.165) is 12.1 Å². The molecule has 1 aromatic heterocycles. The molecule has 1 N–H and O–H groups in total. The van der Waals surface area contributed by atoms with Crippen molar-refractivity contribution >= 4 is 0 Å². The standard InChI is InChI=1S/C14H16N4O/c1-10(2)16-7-6-13-17-18-14(19-13)12-5-3-4-11(8-12)9-15/h3-5,8,10,16H,6-7H2,1-2H3. The smallest absolute Gasteiger partial charge is 0.247 e. The summed E-state index contributed by atoms with van der Waals surface area (Å²) in [5.74, 6) is 1.06. The van der Waals surface area contributed by atoms with Gasteiger partial charge in [0.05, 0.1) is 11.6 Å². The first kappa shape index (κ1) is 13.2. The maximum atomic E-state index is 8.86. The quantitative estimate of drug-likeness (QED) is 0.887. The summed E-state index contributed by atoms with van der Waals surface area (Å²) in [6, 6.07) is 9.67.